The maximum Gasteiger partial charge on any atom is 0.335 e. The monoisotopic (exact) mass is 284 g/mol. The summed E-state index contributed by atoms with van der Waals surface area (Å²) in [4.78, 5) is 24.5. The highest BCUT2D eigenvalue weighted by Crippen LogP contribution is 2.19. The summed E-state index contributed by atoms with van der Waals surface area (Å²) in [5.74, 6) is -1.09. The molecule has 0 saturated carbocycles. The molecule has 19 heavy (non-hydrogen) atoms. The van der Waals surface area contributed by atoms with E-state index in [4.69, 9.17) is 16.7 Å². The maximum absolute atomic E-state index is 12.0. The number of anilines is 1. The van der Waals surface area contributed by atoms with Gasteiger partial charge in [-0.15, -0.1) is 0 Å². The van der Waals surface area contributed by atoms with Crippen LogP contribution in [-0.4, -0.2) is 34.6 Å². The van der Waals surface area contributed by atoms with Crippen LogP contribution in [-0.2, 0) is 0 Å². The fourth-order valence-electron chi connectivity index (χ4n) is 1.72. The third-order valence-corrected chi connectivity index (χ3v) is 2.84. The van der Waals surface area contributed by atoms with E-state index in [2.05, 4.69) is 5.32 Å². The van der Waals surface area contributed by atoms with E-state index in [-0.39, 0.29) is 22.7 Å². The van der Waals surface area contributed by atoms with Gasteiger partial charge in [0.15, 0.2) is 0 Å². The summed E-state index contributed by atoms with van der Waals surface area (Å²) in [7, 11) is 0. The highest BCUT2D eigenvalue weighted by Gasteiger charge is 2.15. The third-order valence-electron chi connectivity index (χ3n) is 2.62. The Morgan fingerprint density at radius 3 is 2.47 bits per heavy atom. The Kier molecular flexibility index (Phi) is 5.18. The fourth-order valence-corrected chi connectivity index (χ4v) is 1.96. The number of carboxylic acid groups (broad SMARTS) is 1. The lowest BCUT2D eigenvalue weighted by atomic mass is 10.2. The molecule has 104 valence electrons. The second-order valence-corrected chi connectivity index (χ2v) is 4.78. The number of carbonyl (C=O) groups excluding carboxylic acids is 1. The van der Waals surface area contributed by atoms with E-state index in [1.165, 1.54) is 18.2 Å². The van der Waals surface area contributed by atoms with Crippen LogP contribution in [0.3, 0.4) is 0 Å². The molecular weight excluding hydrogens is 268 g/mol. The Balaban J connectivity index is 2.93. The van der Waals surface area contributed by atoms with Gasteiger partial charge in [0.2, 0.25) is 0 Å². The molecule has 0 atom stereocenters. The van der Waals surface area contributed by atoms with Gasteiger partial charge in [0.1, 0.15) is 0 Å². The number of hydrogen-bond donors (Lipinski definition) is 2. The van der Waals surface area contributed by atoms with E-state index in [1.807, 2.05) is 20.8 Å². The van der Waals surface area contributed by atoms with Crippen LogP contribution < -0.4 is 5.32 Å². The Bertz CT molecular complexity index is 489. The van der Waals surface area contributed by atoms with Gasteiger partial charge in [-0.3, -0.25) is 0 Å². The van der Waals surface area contributed by atoms with Gasteiger partial charge in [0, 0.05) is 23.3 Å². The molecule has 0 spiro atoms. The number of rotatable bonds is 4. The first kappa shape index (κ1) is 15.3. The van der Waals surface area contributed by atoms with Crippen molar-refractivity contribution in [2.24, 2.45) is 0 Å². The molecule has 6 heteroatoms. The lowest BCUT2D eigenvalue weighted by Crippen LogP contribution is -2.39. The Hall–Kier alpha value is -1.75. The Morgan fingerprint density at radius 2 is 2.00 bits per heavy atom. The molecule has 1 aromatic carbocycles. The zero-order valence-corrected chi connectivity index (χ0v) is 11.9. The minimum absolute atomic E-state index is 0.0374. The normalized spacial score (nSPS) is 10.4. The molecule has 0 unspecified atom stereocenters. The Labute approximate surface area is 117 Å². The van der Waals surface area contributed by atoms with Gasteiger partial charge in [-0.1, -0.05) is 11.6 Å². The molecule has 2 amide bonds. The predicted octanol–water partition coefficient (Wildman–Crippen LogP) is 3.30. The number of nitrogens with zero attached hydrogens (tertiary/aromatic N) is 1. The van der Waals surface area contributed by atoms with Crippen molar-refractivity contribution >= 4 is 29.3 Å². The quantitative estimate of drug-likeness (QED) is 0.891. The third kappa shape index (κ3) is 4.13. The van der Waals surface area contributed by atoms with Crippen molar-refractivity contribution in [2.75, 3.05) is 11.9 Å². The zero-order valence-electron chi connectivity index (χ0n) is 11.1. The molecule has 0 aromatic heterocycles. The van der Waals surface area contributed by atoms with Gasteiger partial charge in [0.05, 0.1) is 5.56 Å². The SMILES string of the molecule is CCN(C(=O)Nc1cc(Cl)cc(C(=O)O)c1)C(C)C. The summed E-state index contributed by atoms with van der Waals surface area (Å²) in [6, 6.07) is 4.00. The molecule has 5 nitrogen and oxygen atoms in total. The number of benzene rings is 1. The molecule has 1 aromatic rings. The molecular formula is C13H17ClN2O3. The minimum atomic E-state index is -1.09. The number of nitrogens with one attached hydrogen (secondary N) is 1. The van der Waals surface area contributed by atoms with E-state index >= 15 is 0 Å². The van der Waals surface area contributed by atoms with Crippen molar-refractivity contribution in [2.45, 2.75) is 26.8 Å². The van der Waals surface area contributed by atoms with Crippen molar-refractivity contribution in [3.8, 4) is 0 Å². The molecule has 0 fully saturated rings. The maximum atomic E-state index is 12.0. The van der Waals surface area contributed by atoms with Crippen LogP contribution in [0.2, 0.25) is 5.02 Å². The molecule has 0 saturated heterocycles. The van der Waals surface area contributed by atoms with E-state index < -0.39 is 5.97 Å². The van der Waals surface area contributed by atoms with Crippen LogP contribution in [0.4, 0.5) is 10.5 Å². The van der Waals surface area contributed by atoms with Crippen molar-refractivity contribution in [1.29, 1.82) is 0 Å². The Morgan fingerprint density at radius 1 is 1.37 bits per heavy atom. The van der Waals surface area contributed by atoms with Crippen LogP contribution in [0.5, 0.6) is 0 Å². The summed E-state index contributed by atoms with van der Waals surface area (Å²) in [6.45, 7) is 6.25. The van der Waals surface area contributed by atoms with E-state index in [0.29, 0.717) is 12.2 Å². The number of carbonyl (C=O) groups is 2. The average Bonchev–Trinajstić information content (AvgIpc) is 2.28. The van der Waals surface area contributed by atoms with Crippen molar-refractivity contribution in [3.05, 3.63) is 28.8 Å². The van der Waals surface area contributed by atoms with Crippen molar-refractivity contribution in [3.63, 3.8) is 0 Å². The fraction of sp³-hybridized carbons (Fsp3) is 0.385. The summed E-state index contributed by atoms with van der Waals surface area (Å²) in [5, 5.41) is 11.8. The van der Waals surface area contributed by atoms with Gasteiger partial charge < -0.3 is 15.3 Å². The van der Waals surface area contributed by atoms with Crippen LogP contribution in [0.25, 0.3) is 0 Å². The predicted molar refractivity (Wildman–Crippen MR) is 74.9 cm³/mol. The number of carboxylic acids is 1. The number of aromatic carboxylic acids is 1. The van der Waals surface area contributed by atoms with Gasteiger partial charge >= 0.3 is 12.0 Å². The van der Waals surface area contributed by atoms with Gasteiger partial charge in [0.25, 0.3) is 0 Å². The smallest absolute Gasteiger partial charge is 0.335 e. The highest BCUT2D eigenvalue weighted by molar-refractivity contribution is 6.31. The minimum Gasteiger partial charge on any atom is -0.478 e. The molecule has 0 aliphatic rings. The van der Waals surface area contributed by atoms with Crippen LogP contribution in [0.15, 0.2) is 18.2 Å². The first-order valence-corrected chi connectivity index (χ1v) is 6.34. The van der Waals surface area contributed by atoms with Crippen LogP contribution in [0.1, 0.15) is 31.1 Å². The summed E-state index contributed by atoms with van der Waals surface area (Å²) < 4.78 is 0. The lowest BCUT2D eigenvalue weighted by molar-refractivity contribution is 0.0697. The molecule has 2 N–H and O–H groups in total. The van der Waals surface area contributed by atoms with Gasteiger partial charge in [-0.25, -0.2) is 9.59 Å². The molecule has 1 rings (SSSR count). The van der Waals surface area contributed by atoms with E-state index in [9.17, 15) is 9.59 Å². The molecule has 0 aliphatic carbocycles. The summed E-state index contributed by atoms with van der Waals surface area (Å²) >= 11 is 5.83. The topological polar surface area (TPSA) is 69.6 Å². The molecule has 0 radical (unpaired) electrons. The second kappa shape index (κ2) is 6.43. The number of urea groups is 1. The van der Waals surface area contributed by atoms with Crippen molar-refractivity contribution in [1.82, 2.24) is 4.90 Å². The first-order chi connectivity index (χ1) is 8.85. The van der Waals surface area contributed by atoms with E-state index in [1.54, 1.807) is 4.90 Å². The molecule has 0 heterocycles. The summed E-state index contributed by atoms with van der Waals surface area (Å²) in [6.07, 6.45) is 0. The summed E-state index contributed by atoms with van der Waals surface area (Å²) in [5.41, 5.74) is 0.407. The van der Waals surface area contributed by atoms with Crippen molar-refractivity contribution < 1.29 is 14.7 Å². The average molecular weight is 285 g/mol. The number of amides is 2. The standard InChI is InChI=1S/C13H17ClN2O3/c1-4-16(8(2)3)13(19)15-11-6-9(12(17)18)5-10(14)7-11/h5-8H,4H2,1-3H3,(H,15,19)(H,17,18). The van der Waals surface area contributed by atoms with Crippen LogP contribution in [0, 0.1) is 0 Å². The zero-order chi connectivity index (χ0) is 14.6. The second-order valence-electron chi connectivity index (χ2n) is 4.34. The van der Waals surface area contributed by atoms with Gasteiger partial charge in [-0.05, 0) is 39.0 Å². The number of halogens is 1. The first-order valence-electron chi connectivity index (χ1n) is 5.96. The molecule has 0 aliphatic heterocycles. The highest BCUT2D eigenvalue weighted by atomic mass is 35.5. The lowest BCUT2D eigenvalue weighted by Gasteiger charge is -2.25. The number of hydrogen-bond acceptors (Lipinski definition) is 2. The van der Waals surface area contributed by atoms with Crippen LogP contribution >= 0.6 is 11.6 Å². The van der Waals surface area contributed by atoms with Gasteiger partial charge in [-0.2, -0.15) is 0 Å². The largest absolute Gasteiger partial charge is 0.478 e. The van der Waals surface area contributed by atoms with E-state index in [0.717, 1.165) is 0 Å². The molecule has 0 bridgehead atoms.